The molecule has 0 aromatic heterocycles. The lowest BCUT2D eigenvalue weighted by Crippen LogP contribution is -2.22. The normalized spacial score (nSPS) is 15.6. The predicted molar refractivity (Wildman–Crippen MR) is 46.7 cm³/mol. The quantitative estimate of drug-likeness (QED) is 0.609. The summed E-state index contributed by atoms with van der Waals surface area (Å²) in [6.45, 7) is 1.62. The van der Waals surface area contributed by atoms with E-state index >= 15 is 0 Å². The van der Waals surface area contributed by atoms with Gasteiger partial charge in [-0.05, 0) is 24.6 Å². The van der Waals surface area contributed by atoms with Crippen molar-refractivity contribution in [3.05, 3.63) is 29.8 Å². The van der Waals surface area contributed by atoms with Gasteiger partial charge in [-0.3, -0.25) is 0 Å². The van der Waals surface area contributed by atoms with Crippen LogP contribution >= 0.6 is 0 Å². The van der Waals surface area contributed by atoms with Crippen molar-refractivity contribution < 1.29 is 10.2 Å². The van der Waals surface area contributed by atoms with Crippen molar-refractivity contribution in [1.29, 1.82) is 0 Å². The van der Waals surface area contributed by atoms with Crippen LogP contribution in [0.3, 0.4) is 0 Å². The average Bonchev–Trinajstić information content (AvgIpc) is 2.03. The highest BCUT2D eigenvalue weighted by atomic mass is 16.3. The summed E-state index contributed by atoms with van der Waals surface area (Å²) < 4.78 is 0. The fourth-order valence-corrected chi connectivity index (χ4v) is 1.01. The van der Waals surface area contributed by atoms with Gasteiger partial charge in [0.15, 0.2) is 0 Å². The van der Waals surface area contributed by atoms with Gasteiger partial charge < -0.3 is 15.9 Å². The van der Waals surface area contributed by atoms with Gasteiger partial charge in [0.25, 0.3) is 0 Å². The van der Waals surface area contributed by atoms with E-state index in [1.807, 2.05) is 0 Å². The monoisotopic (exact) mass is 167 g/mol. The highest BCUT2D eigenvalue weighted by molar-refractivity contribution is 5.29. The summed E-state index contributed by atoms with van der Waals surface area (Å²) in [5.74, 6) is 0.170. The van der Waals surface area contributed by atoms with E-state index in [4.69, 9.17) is 15.9 Å². The molecule has 1 rings (SSSR count). The molecule has 0 fully saturated rings. The highest BCUT2D eigenvalue weighted by Crippen LogP contribution is 2.18. The zero-order valence-corrected chi connectivity index (χ0v) is 6.94. The average molecular weight is 167 g/mol. The second-order valence-electron chi connectivity index (χ2n) is 2.86. The number of benzene rings is 1. The van der Waals surface area contributed by atoms with Crippen LogP contribution in [0.2, 0.25) is 0 Å². The third kappa shape index (κ3) is 1.96. The van der Waals surface area contributed by atoms with Crippen LogP contribution in [0.1, 0.15) is 18.5 Å². The molecule has 0 radical (unpaired) electrons. The highest BCUT2D eigenvalue weighted by Gasteiger charge is 2.11. The molecule has 0 spiro atoms. The molecule has 0 heterocycles. The number of hydrogen-bond acceptors (Lipinski definition) is 3. The van der Waals surface area contributed by atoms with Crippen molar-refractivity contribution in [2.75, 3.05) is 0 Å². The SMILES string of the molecule is C[C@@H](O)[C@H](N)c1cccc(O)c1. The summed E-state index contributed by atoms with van der Waals surface area (Å²) in [6, 6.07) is 6.16. The number of aliphatic hydroxyl groups excluding tert-OH is 1. The van der Waals surface area contributed by atoms with Gasteiger partial charge in [0, 0.05) is 0 Å². The fraction of sp³-hybridized carbons (Fsp3) is 0.333. The third-order valence-corrected chi connectivity index (χ3v) is 1.77. The largest absolute Gasteiger partial charge is 0.508 e. The maximum atomic E-state index is 9.16. The molecule has 3 nitrogen and oxygen atoms in total. The van der Waals surface area contributed by atoms with Crippen molar-refractivity contribution in [2.45, 2.75) is 19.1 Å². The van der Waals surface area contributed by atoms with Gasteiger partial charge >= 0.3 is 0 Å². The number of phenolic OH excluding ortho intramolecular Hbond substituents is 1. The van der Waals surface area contributed by atoms with Crippen LogP contribution in [-0.2, 0) is 0 Å². The molecule has 1 aromatic carbocycles. The van der Waals surface area contributed by atoms with Crippen LogP contribution in [0, 0.1) is 0 Å². The third-order valence-electron chi connectivity index (χ3n) is 1.77. The molecule has 3 heteroatoms. The number of rotatable bonds is 2. The zero-order valence-electron chi connectivity index (χ0n) is 6.94. The van der Waals surface area contributed by atoms with Crippen molar-refractivity contribution in [1.82, 2.24) is 0 Å². The molecular formula is C9H13NO2. The lowest BCUT2D eigenvalue weighted by molar-refractivity contribution is 0.164. The Kier molecular flexibility index (Phi) is 2.68. The van der Waals surface area contributed by atoms with Crippen LogP contribution in [-0.4, -0.2) is 16.3 Å². The van der Waals surface area contributed by atoms with Crippen LogP contribution in [0.5, 0.6) is 5.75 Å². The van der Waals surface area contributed by atoms with Crippen molar-refractivity contribution in [3.8, 4) is 5.75 Å². The van der Waals surface area contributed by atoms with E-state index in [1.165, 1.54) is 0 Å². The summed E-state index contributed by atoms with van der Waals surface area (Å²) in [6.07, 6.45) is -0.605. The first kappa shape index (κ1) is 9.03. The minimum atomic E-state index is -0.605. The fourth-order valence-electron chi connectivity index (χ4n) is 1.01. The molecular weight excluding hydrogens is 154 g/mol. The van der Waals surface area contributed by atoms with Gasteiger partial charge in [0.1, 0.15) is 5.75 Å². The molecule has 66 valence electrons. The standard InChI is InChI=1S/C9H13NO2/c1-6(11)9(10)7-3-2-4-8(12)5-7/h2-6,9,11-12H,10H2,1H3/t6-,9+/m1/s1. The molecule has 0 bridgehead atoms. The van der Waals surface area contributed by atoms with E-state index in [0.717, 1.165) is 5.56 Å². The zero-order chi connectivity index (χ0) is 9.14. The smallest absolute Gasteiger partial charge is 0.115 e. The van der Waals surface area contributed by atoms with Crippen LogP contribution in [0.15, 0.2) is 24.3 Å². The molecule has 4 N–H and O–H groups in total. The van der Waals surface area contributed by atoms with Gasteiger partial charge in [-0.1, -0.05) is 12.1 Å². The topological polar surface area (TPSA) is 66.5 Å². The number of phenols is 1. The number of aliphatic hydroxyl groups is 1. The van der Waals surface area contributed by atoms with Crippen LogP contribution in [0.4, 0.5) is 0 Å². The maximum Gasteiger partial charge on any atom is 0.115 e. The predicted octanol–water partition coefficient (Wildman–Crippen LogP) is 0.773. The minimum Gasteiger partial charge on any atom is -0.508 e. The summed E-state index contributed by atoms with van der Waals surface area (Å²) >= 11 is 0. The van der Waals surface area contributed by atoms with Gasteiger partial charge in [0.2, 0.25) is 0 Å². The Balaban J connectivity index is 2.88. The molecule has 12 heavy (non-hydrogen) atoms. The van der Waals surface area contributed by atoms with E-state index in [2.05, 4.69) is 0 Å². The second kappa shape index (κ2) is 3.56. The molecule has 0 aliphatic heterocycles. The van der Waals surface area contributed by atoms with E-state index in [1.54, 1.807) is 31.2 Å². The van der Waals surface area contributed by atoms with Crippen LogP contribution < -0.4 is 5.73 Å². The van der Waals surface area contributed by atoms with Gasteiger partial charge in [-0.2, -0.15) is 0 Å². The number of hydrogen-bond donors (Lipinski definition) is 3. The lowest BCUT2D eigenvalue weighted by atomic mass is 10.0. The molecule has 2 atom stereocenters. The minimum absolute atomic E-state index is 0.170. The number of aromatic hydroxyl groups is 1. The molecule has 0 amide bonds. The summed E-state index contributed by atoms with van der Waals surface area (Å²) in [5, 5.41) is 18.3. The Morgan fingerprint density at radius 2 is 2.08 bits per heavy atom. The molecule has 0 aliphatic rings. The lowest BCUT2D eigenvalue weighted by Gasteiger charge is -2.14. The summed E-state index contributed by atoms with van der Waals surface area (Å²) in [4.78, 5) is 0. The van der Waals surface area contributed by atoms with E-state index in [0.29, 0.717) is 0 Å². The Hall–Kier alpha value is -1.06. The first-order valence-electron chi connectivity index (χ1n) is 3.84. The van der Waals surface area contributed by atoms with Gasteiger partial charge in [-0.25, -0.2) is 0 Å². The molecule has 0 unspecified atom stereocenters. The molecule has 0 saturated carbocycles. The number of nitrogens with two attached hydrogens (primary N) is 1. The van der Waals surface area contributed by atoms with Gasteiger partial charge in [-0.15, -0.1) is 0 Å². The summed E-state index contributed by atoms with van der Waals surface area (Å²) in [7, 11) is 0. The molecule has 0 aliphatic carbocycles. The van der Waals surface area contributed by atoms with Gasteiger partial charge in [0.05, 0.1) is 12.1 Å². The molecule has 0 saturated heterocycles. The first-order valence-corrected chi connectivity index (χ1v) is 3.84. The van der Waals surface area contributed by atoms with E-state index < -0.39 is 12.1 Å². The van der Waals surface area contributed by atoms with Crippen molar-refractivity contribution >= 4 is 0 Å². The Morgan fingerprint density at radius 3 is 2.58 bits per heavy atom. The Bertz CT molecular complexity index is 260. The first-order chi connectivity index (χ1) is 5.61. The Morgan fingerprint density at radius 1 is 1.42 bits per heavy atom. The maximum absolute atomic E-state index is 9.16. The van der Waals surface area contributed by atoms with Crippen molar-refractivity contribution in [2.24, 2.45) is 5.73 Å². The second-order valence-corrected chi connectivity index (χ2v) is 2.86. The summed E-state index contributed by atoms with van der Waals surface area (Å²) in [5.41, 5.74) is 6.39. The van der Waals surface area contributed by atoms with E-state index in [-0.39, 0.29) is 5.75 Å². The molecule has 1 aromatic rings. The van der Waals surface area contributed by atoms with E-state index in [9.17, 15) is 0 Å². The van der Waals surface area contributed by atoms with Crippen molar-refractivity contribution in [3.63, 3.8) is 0 Å². The van der Waals surface area contributed by atoms with Crippen LogP contribution in [0.25, 0.3) is 0 Å². The Labute approximate surface area is 71.5 Å².